The maximum Gasteiger partial charge on any atom is 0.320 e. The van der Waals surface area contributed by atoms with Gasteiger partial charge in [-0.1, -0.05) is 12.1 Å². The Kier molecular flexibility index (Phi) is 4.98. The fourth-order valence-corrected chi connectivity index (χ4v) is 4.23. The molecule has 5 rings (SSSR count). The van der Waals surface area contributed by atoms with Crippen LogP contribution in [-0.2, 0) is 11.3 Å². The lowest BCUT2D eigenvalue weighted by Crippen LogP contribution is -2.27. The highest BCUT2D eigenvalue weighted by Crippen LogP contribution is 2.30. The van der Waals surface area contributed by atoms with Crippen LogP contribution in [0.3, 0.4) is 0 Å². The number of nitrogens with zero attached hydrogens (tertiary/aromatic N) is 4. The van der Waals surface area contributed by atoms with Crippen LogP contribution in [-0.4, -0.2) is 25.0 Å². The molecular formula is C22H15F2N5O2S. The third kappa shape index (κ3) is 3.54. The van der Waals surface area contributed by atoms with Gasteiger partial charge in [0.05, 0.1) is 22.7 Å². The van der Waals surface area contributed by atoms with Gasteiger partial charge in [-0.3, -0.25) is 18.7 Å². The fourth-order valence-electron chi connectivity index (χ4n) is 3.51. The normalized spacial score (nSPS) is 11.5. The molecular weight excluding hydrogens is 436 g/mol. The number of hydrogen-bond donors (Lipinski definition) is 1. The average Bonchev–Trinajstić information content (AvgIpc) is 3.41. The molecule has 1 N–H and O–H groups in total. The molecule has 0 aliphatic rings. The summed E-state index contributed by atoms with van der Waals surface area (Å²) in [5.74, 6) is -0.267. The minimum Gasteiger partial charge on any atom is -0.325 e. The summed E-state index contributed by atoms with van der Waals surface area (Å²) in [5.41, 5.74) is 1.49. The Bertz CT molecular complexity index is 1500. The van der Waals surface area contributed by atoms with Crippen molar-refractivity contribution in [1.82, 2.24) is 19.1 Å². The lowest BCUT2D eigenvalue weighted by molar-refractivity contribution is -0.116. The van der Waals surface area contributed by atoms with Gasteiger partial charge in [0, 0.05) is 11.3 Å². The Hall–Kier alpha value is -3.92. The van der Waals surface area contributed by atoms with Crippen molar-refractivity contribution in [1.29, 1.82) is 0 Å². The first-order valence-electron chi connectivity index (χ1n) is 9.59. The first-order valence-corrected chi connectivity index (χ1v) is 10.5. The number of hydrogen-bond acceptors (Lipinski definition) is 5. The molecule has 32 heavy (non-hydrogen) atoms. The maximum atomic E-state index is 13.7. The highest BCUT2D eigenvalue weighted by molar-refractivity contribution is 7.16. The summed E-state index contributed by atoms with van der Waals surface area (Å²) in [6, 6.07) is 14.8. The van der Waals surface area contributed by atoms with E-state index in [-0.39, 0.29) is 17.9 Å². The summed E-state index contributed by atoms with van der Waals surface area (Å²) < 4.78 is 29.5. The summed E-state index contributed by atoms with van der Waals surface area (Å²) in [6.07, 6.45) is 1.35. The molecule has 1 amide bonds. The van der Waals surface area contributed by atoms with Crippen molar-refractivity contribution < 1.29 is 13.6 Å². The Morgan fingerprint density at radius 1 is 1.09 bits per heavy atom. The molecule has 2 aromatic carbocycles. The van der Waals surface area contributed by atoms with Gasteiger partial charge in [0.1, 0.15) is 17.2 Å². The number of anilines is 1. The van der Waals surface area contributed by atoms with Crippen molar-refractivity contribution in [2.24, 2.45) is 0 Å². The fraction of sp³-hybridized carbons (Fsp3) is 0.0909. The molecule has 0 aliphatic heterocycles. The third-order valence-electron chi connectivity index (χ3n) is 4.98. The number of carbonyl (C=O) groups excluding carboxylic acids is 1. The van der Waals surface area contributed by atoms with Crippen molar-refractivity contribution in [2.45, 2.75) is 13.1 Å². The predicted molar refractivity (Wildman–Crippen MR) is 119 cm³/mol. The van der Waals surface area contributed by atoms with Crippen LogP contribution in [0.1, 0.15) is 6.55 Å². The average molecular weight is 451 g/mol. The number of para-hydroxylation sites is 2. The molecule has 0 radical (unpaired) electrons. The quantitative estimate of drug-likeness (QED) is 0.426. The monoisotopic (exact) mass is 451 g/mol. The molecule has 0 saturated carbocycles. The zero-order valence-electron chi connectivity index (χ0n) is 16.4. The van der Waals surface area contributed by atoms with Crippen LogP contribution in [0.25, 0.3) is 32.6 Å². The molecule has 0 aliphatic carbocycles. The van der Waals surface area contributed by atoms with Crippen LogP contribution < -0.4 is 10.9 Å². The van der Waals surface area contributed by atoms with E-state index in [1.165, 1.54) is 22.2 Å². The highest BCUT2D eigenvalue weighted by Gasteiger charge is 2.18. The molecule has 7 nitrogen and oxygen atoms in total. The van der Waals surface area contributed by atoms with Gasteiger partial charge in [-0.25, -0.2) is 9.97 Å². The van der Waals surface area contributed by atoms with Gasteiger partial charge in [0.15, 0.2) is 0 Å². The zero-order chi connectivity index (χ0) is 22.2. The summed E-state index contributed by atoms with van der Waals surface area (Å²) in [7, 11) is 0. The van der Waals surface area contributed by atoms with Crippen LogP contribution >= 0.6 is 11.3 Å². The van der Waals surface area contributed by atoms with Crippen molar-refractivity contribution in [3.05, 3.63) is 76.7 Å². The van der Waals surface area contributed by atoms with Gasteiger partial charge in [0.2, 0.25) is 5.91 Å². The first kappa shape index (κ1) is 20.0. The number of nitrogens with one attached hydrogen (secondary N) is 1. The number of amides is 1. The summed E-state index contributed by atoms with van der Waals surface area (Å²) >= 11 is 1.36. The first-order chi connectivity index (χ1) is 15.5. The van der Waals surface area contributed by atoms with E-state index >= 15 is 0 Å². The number of carbonyl (C=O) groups is 1. The Morgan fingerprint density at radius 2 is 1.88 bits per heavy atom. The summed E-state index contributed by atoms with van der Waals surface area (Å²) in [4.78, 5) is 34.0. The molecule has 0 atom stereocenters. The van der Waals surface area contributed by atoms with Gasteiger partial charge in [-0.2, -0.15) is 8.78 Å². The minimum absolute atomic E-state index is 0.140. The molecule has 10 heteroatoms. The van der Waals surface area contributed by atoms with E-state index in [1.807, 2.05) is 0 Å². The molecule has 160 valence electrons. The molecule has 0 fully saturated rings. The van der Waals surface area contributed by atoms with E-state index in [0.29, 0.717) is 32.5 Å². The largest absolute Gasteiger partial charge is 0.325 e. The molecule has 0 spiro atoms. The minimum atomic E-state index is -2.75. The number of aromatic nitrogens is 4. The Labute approximate surface area is 183 Å². The second-order valence-electron chi connectivity index (χ2n) is 7.01. The van der Waals surface area contributed by atoms with Gasteiger partial charge in [-0.15, -0.1) is 11.3 Å². The summed E-state index contributed by atoms with van der Waals surface area (Å²) in [5, 5.41) is 4.94. The Balaban J connectivity index is 1.36. The molecule has 0 saturated heterocycles. The molecule has 3 heterocycles. The van der Waals surface area contributed by atoms with Crippen molar-refractivity contribution in [3.63, 3.8) is 0 Å². The van der Waals surface area contributed by atoms with Gasteiger partial charge in [-0.05, 0) is 47.8 Å². The predicted octanol–water partition coefficient (Wildman–Crippen LogP) is 4.51. The van der Waals surface area contributed by atoms with Gasteiger partial charge in [0.25, 0.3) is 5.56 Å². The highest BCUT2D eigenvalue weighted by atomic mass is 32.1. The maximum absolute atomic E-state index is 13.7. The smallest absolute Gasteiger partial charge is 0.320 e. The van der Waals surface area contributed by atoms with Gasteiger partial charge < -0.3 is 5.32 Å². The number of rotatable bonds is 5. The lowest BCUT2D eigenvalue weighted by atomic mass is 10.2. The van der Waals surface area contributed by atoms with E-state index in [0.717, 1.165) is 4.57 Å². The van der Waals surface area contributed by atoms with Crippen molar-refractivity contribution in [3.8, 4) is 11.4 Å². The van der Waals surface area contributed by atoms with Gasteiger partial charge >= 0.3 is 6.55 Å². The molecule has 0 bridgehead atoms. The van der Waals surface area contributed by atoms with Crippen molar-refractivity contribution in [2.75, 3.05) is 5.32 Å². The second-order valence-corrected chi connectivity index (χ2v) is 7.91. The number of imidazole rings is 1. The second kappa shape index (κ2) is 7.97. The number of fused-ring (bicyclic) bond motifs is 2. The van der Waals surface area contributed by atoms with E-state index in [2.05, 4.69) is 15.3 Å². The molecule has 3 aromatic heterocycles. The van der Waals surface area contributed by atoms with Crippen LogP contribution in [0.5, 0.6) is 0 Å². The Morgan fingerprint density at radius 3 is 2.66 bits per heavy atom. The van der Waals surface area contributed by atoms with Crippen LogP contribution in [0.2, 0.25) is 0 Å². The van der Waals surface area contributed by atoms with Crippen LogP contribution in [0.15, 0.2) is 71.1 Å². The van der Waals surface area contributed by atoms with Crippen LogP contribution in [0.4, 0.5) is 14.5 Å². The lowest BCUT2D eigenvalue weighted by Gasteiger charge is -2.10. The third-order valence-corrected chi connectivity index (χ3v) is 5.80. The molecule has 0 unspecified atom stereocenters. The number of alkyl halides is 2. The van der Waals surface area contributed by atoms with Crippen molar-refractivity contribution >= 4 is 44.2 Å². The molecule has 5 aromatic rings. The summed E-state index contributed by atoms with van der Waals surface area (Å²) in [6.45, 7) is -2.94. The van der Waals surface area contributed by atoms with Crippen LogP contribution in [0, 0.1) is 0 Å². The number of benzene rings is 2. The zero-order valence-corrected chi connectivity index (χ0v) is 17.2. The SMILES string of the molecule is O=C(Cn1cnc2sccc2c1=O)Nc1ccc(-c2nc3ccccc3n2C(F)F)cc1. The van der Waals surface area contributed by atoms with E-state index in [1.54, 1.807) is 60.0 Å². The van der Waals surface area contributed by atoms with E-state index < -0.39 is 12.5 Å². The van der Waals surface area contributed by atoms with E-state index in [4.69, 9.17) is 0 Å². The van der Waals surface area contributed by atoms with E-state index in [9.17, 15) is 18.4 Å². The topological polar surface area (TPSA) is 81.8 Å². The number of thiophene rings is 1. The standard InChI is InChI=1S/C22H15F2N5O2S/c23-22(24)29-17-4-2-1-3-16(17)27-19(29)13-5-7-14(8-6-13)26-18(30)11-28-12-25-20-15(21(28)31)9-10-32-20/h1-10,12,22H,11H2,(H,26,30). The number of halogens is 2.